The standard InChI is InChI=1S/C9H11BN/c1-5-7-6-8(10-11-7)9(2,3)4/h1,6H,2-4H3. The molecule has 11 heavy (non-hydrogen) atoms. The summed E-state index contributed by atoms with van der Waals surface area (Å²) >= 11 is 0. The van der Waals surface area contributed by atoms with E-state index in [0.717, 1.165) is 5.71 Å². The zero-order valence-corrected chi connectivity index (χ0v) is 7.18. The molecule has 0 saturated heterocycles. The van der Waals surface area contributed by atoms with Gasteiger partial charge in [-0.15, -0.1) is 6.42 Å². The fraction of sp³-hybridized carbons (Fsp3) is 0.444. The Morgan fingerprint density at radius 2 is 2.18 bits per heavy atom. The first-order chi connectivity index (χ1) is 5.04. The molecule has 0 aliphatic carbocycles. The number of hydrogen-bond donors (Lipinski definition) is 0. The van der Waals surface area contributed by atoms with Crippen LogP contribution in [0.3, 0.4) is 0 Å². The van der Waals surface area contributed by atoms with Crippen LogP contribution in [0.25, 0.3) is 0 Å². The number of allylic oxidation sites excluding steroid dienone is 2. The second kappa shape index (κ2) is 2.58. The molecule has 0 bridgehead atoms. The van der Waals surface area contributed by atoms with Gasteiger partial charge in [-0.3, -0.25) is 0 Å². The van der Waals surface area contributed by atoms with E-state index in [1.807, 2.05) is 13.5 Å². The van der Waals surface area contributed by atoms with Gasteiger partial charge in [0.25, 0.3) is 0 Å². The zero-order chi connectivity index (χ0) is 8.48. The van der Waals surface area contributed by atoms with Crippen molar-refractivity contribution in [2.24, 2.45) is 10.3 Å². The topological polar surface area (TPSA) is 12.4 Å². The molecule has 0 fully saturated rings. The maximum absolute atomic E-state index is 5.19. The van der Waals surface area contributed by atoms with Crippen molar-refractivity contribution in [3.8, 4) is 12.3 Å². The van der Waals surface area contributed by atoms with E-state index >= 15 is 0 Å². The van der Waals surface area contributed by atoms with Crippen LogP contribution in [0.1, 0.15) is 20.8 Å². The third-order valence-electron chi connectivity index (χ3n) is 1.65. The second-order valence-electron chi connectivity index (χ2n) is 3.64. The van der Waals surface area contributed by atoms with Crippen LogP contribution in [0.15, 0.2) is 16.5 Å². The number of hydrogen-bond acceptors (Lipinski definition) is 1. The molecule has 2 heteroatoms. The molecule has 1 nitrogen and oxygen atoms in total. The predicted molar refractivity (Wildman–Crippen MR) is 49.6 cm³/mol. The van der Waals surface area contributed by atoms with Crippen LogP contribution in [0.2, 0.25) is 0 Å². The van der Waals surface area contributed by atoms with Crippen LogP contribution in [0.5, 0.6) is 0 Å². The average Bonchev–Trinajstić information content (AvgIpc) is 2.32. The van der Waals surface area contributed by atoms with E-state index in [2.05, 4.69) is 31.6 Å². The maximum atomic E-state index is 5.19. The summed E-state index contributed by atoms with van der Waals surface area (Å²) in [6.45, 7) is 6.43. The molecule has 55 valence electrons. The Balaban J connectivity index is 2.79. The van der Waals surface area contributed by atoms with Crippen LogP contribution in [-0.4, -0.2) is 13.1 Å². The number of rotatable bonds is 0. The molecule has 1 rings (SSSR count). The first-order valence-corrected chi connectivity index (χ1v) is 3.64. The first-order valence-electron chi connectivity index (χ1n) is 3.64. The van der Waals surface area contributed by atoms with Gasteiger partial charge in [0.1, 0.15) is 0 Å². The minimum absolute atomic E-state index is 0.155. The van der Waals surface area contributed by atoms with E-state index in [-0.39, 0.29) is 5.41 Å². The van der Waals surface area contributed by atoms with Gasteiger partial charge in [0, 0.05) is 0 Å². The Morgan fingerprint density at radius 1 is 1.55 bits per heavy atom. The normalized spacial score (nSPS) is 16.5. The minimum Gasteiger partial charge on any atom is -0.335 e. The predicted octanol–water partition coefficient (Wildman–Crippen LogP) is 1.62. The summed E-state index contributed by atoms with van der Waals surface area (Å²) < 4.78 is 0. The van der Waals surface area contributed by atoms with E-state index in [4.69, 9.17) is 6.42 Å². The van der Waals surface area contributed by atoms with Crippen molar-refractivity contribution in [3.63, 3.8) is 0 Å². The minimum atomic E-state index is 0.155. The van der Waals surface area contributed by atoms with E-state index in [9.17, 15) is 0 Å². The SMILES string of the molecule is C#CC1=N[B]C(C(C)(C)C)=C1. The van der Waals surface area contributed by atoms with Gasteiger partial charge in [-0.25, -0.2) is 0 Å². The van der Waals surface area contributed by atoms with Crippen molar-refractivity contribution < 1.29 is 0 Å². The summed E-state index contributed by atoms with van der Waals surface area (Å²) in [5.41, 5.74) is 2.09. The van der Waals surface area contributed by atoms with Gasteiger partial charge in [-0.2, -0.15) is 0 Å². The van der Waals surface area contributed by atoms with Gasteiger partial charge in [-0.05, 0) is 11.5 Å². The lowest BCUT2D eigenvalue weighted by molar-refractivity contribution is 0.530. The molecule has 0 amide bonds. The van der Waals surface area contributed by atoms with Crippen molar-refractivity contribution in [2.45, 2.75) is 20.8 Å². The molecule has 1 radical (unpaired) electrons. The van der Waals surface area contributed by atoms with Crippen molar-refractivity contribution >= 4 is 13.1 Å². The summed E-state index contributed by atoms with van der Waals surface area (Å²) in [4.78, 5) is 4.07. The van der Waals surface area contributed by atoms with Crippen LogP contribution in [-0.2, 0) is 0 Å². The molecular weight excluding hydrogens is 133 g/mol. The Hall–Kier alpha value is -0.965. The zero-order valence-electron chi connectivity index (χ0n) is 7.18. The van der Waals surface area contributed by atoms with Gasteiger partial charge >= 0.3 is 7.41 Å². The Morgan fingerprint density at radius 3 is 2.45 bits per heavy atom. The highest BCUT2D eigenvalue weighted by molar-refractivity contribution is 6.51. The average molecular weight is 144 g/mol. The summed E-state index contributed by atoms with van der Waals surface area (Å²) in [6.07, 6.45) is 7.15. The fourth-order valence-corrected chi connectivity index (χ4v) is 0.850. The molecule has 0 aromatic carbocycles. The van der Waals surface area contributed by atoms with Crippen molar-refractivity contribution in [1.29, 1.82) is 0 Å². The molecule has 1 aliphatic heterocycles. The summed E-state index contributed by atoms with van der Waals surface area (Å²) in [5.74, 6) is 2.51. The highest BCUT2D eigenvalue weighted by Gasteiger charge is 2.21. The lowest BCUT2D eigenvalue weighted by Crippen LogP contribution is -2.11. The Kier molecular flexibility index (Phi) is 1.91. The molecule has 0 spiro atoms. The fourth-order valence-electron chi connectivity index (χ4n) is 0.850. The largest absolute Gasteiger partial charge is 0.335 e. The van der Waals surface area contributed by atoms with E-state index in [0.29, 0.717) is 0 Å². The molecular formula is C9H11BN. The lowest BCUT2D eigenvalue weighted by Gasteiger charge is -2.18. The van der Waals surface area contributed by atoms with Gasteiger partial charge in [0.15, 0.2) is 0 Å². The smallest absolute Gasteiger partial charge is 0.310 e. The molecule has 1 heterocycles. The summed E-state index contributed by atoms with van der Waals surface area (Å²) in [5, 5.41) is 0. The van der Waals surface area contributed by atoms with Gasteiger partial charge in [0.05, 0.1) is 5.71 Å². The number of terminal acetylenes is 1. The maximum Gasteiger partial charge on any atom is 0.310 e. The molecule has 0 atom stereocenters. The molecule has 1 aliphatic rings. The van der Waals surface area contributed by atoms with Gasteiger partial charge in [-0.1, -0.05) is 32.2 Å². The molecule has 0 aromatic heterocycles. The quantitative estimate of drug-likeness (QED) is 0.362. The first kappa shape index (κ1) is 8.13. The highest BCUT2D eigenvalue weighted by Crippen LogP contribution is 2.26. The van der Waals surface area contributed by atoms with Crippen molar-refractivity contribution in [1.82, 2.24) is 0 Å². The van der Waals surface area contributed by atoms with Crippen LogP contribution >= 0.6 is 0 Å². The third kappa shape index (κ3) is 1.74. The van der Waals surface area contributed by atoms with E-state index in [1.54, 1.807) is 0 Å². The molecule has 0 unspecified atom stereocenters. The number of nitrogens with zero attached hydrogens (tertiary/aromatic N) is 1. The summed E-state index contributed by atoms with van der Waals surface area (Å²) in [7, 11) is 1.84. The van der Waals surface area contributed by atoms with Crippen molar-refractivity contribution in [3.05, 3.63) is 11.5 Å². The second-order valence-corrected chi connectivity index (χ2v) is 3.64. The van der Waals surface area contributed by atoms with Crippen LogP contribution in [0.4, 0.5) is 0 Å². The van der Waals surface area contributed by atoms with Gasteiger partial charge in [0.2, 0.25) is 0 Å². The highest BCUT2D eigenvalue weighted by atomic mass is 14.6. The van der Waals surface area contributed by atoms with E-state index in [1.165, 1.54) is 5.47 Å². The Labute approximate surface area is 68.9 Å². The summed E-state index contributed by atoms with van der Waals surface area (Å²) in [6, 6.07) is 0. The van der Waals surface area contributed by atoms with Crippen LogP contribution in [0, 0.1) is 17.8 Å². The van der Waals surface area contributed by atoms with Crippen molar-refractivity contribution in [2.75, 3.05) is 0 Å². The molecule has 0 saturated carbocycles. The van der Waals surface area contributed by atoms with Gasteiger partial charge < -0.3 is 4.90 Å². The Bertz CT molecular complexity index is 260. The monoisotopic (exact) mass is 144 g/mol. The third-order valence-corrected chi connectivity index (χ3v) is 1.65. The molecule has 0 aromatic rings. The molecule has 0 N–H and O–H groups in total. The van der Waals surface area contributed by atoms with Crippen LogP contribution < -0.4 is 0 Å². The lowest BCUT2D eigenvalue weighted by atomic mass is 9.69. The van der Waals surface area contributed by atoms with E-state index < -0.39 is 0 Å².